The molecule has 1 aromatic heterocycles. The number of nitrogens with two attached hydrogens (primary N) is 1. The Bertz CT molecular complexity index is 751. The van der Waals surface area contributed by atoms with E-state index >= 15 is 0 Å². The molecule has 120 valence electrons. The van der Waals surface area contributed by atoms with Crippen LogP contribution in [0.3, 0.4) is 0 Å². The predicted octanol–water partition coefficient (Wildman–Crippen LogP) is 2.28. The van der Waals surface area contributed by atoms with Crippen molar-refractivity contribution in [2.24, 2.45) is 5.84 Å². The number of benzene rings is 2. The molecule has 3 aromatic rings. The molecule has 0 fully saturated rings. The Hall–Kier alpha value is -3.25. The van der Waals surface area contributed by atoms with Gasteiger partial charge in [0.25, 0.3) is 5.91 Å². The zero-order valence-electron chi connectivity index (χ0n) is 12.9. The van der Waals surface area contributed by atoms with Crippen molar-refractivity contribution in [3.63, 3.8) is 0 Å². The lowest BCUT2D eigenvalue weighted by Crippen LogP contribution is -2.30. The number of aromatic nitrogens is 2. The maximum atomic E-state index is 11.5. The molecule has 4 N–H and O–H groups in total. The first-order valence-electron chi connectivity index (χ1n) is 7.47. The lowest BCUT2D eigenvalue weighted by molar-refractivity contribution is 0.0953. The molecule has 0 saturated carbocycles. The van der Waals surface area contributed by atoms with Gasteiger partial charge in [-0.3, -0.25) is 10.2 Å². The Morgan fingerprint density at radius 2 is 1.38 bits per heavy atom. The molecule has 1 heterocycles. The minimum atomic E-state index is -0.427. The van der Waals surface area contributed by atoms with Crippen LogP contribution in [0, 0.1) is 0 Å². The molecule has 3 rings (SSSR count). The highest BCUT2D eigenvalue weighted by atomic mass is 16.2. The number of rotatable bonds is 5. The Kier molecular flexibility index (Phi) is 4.78. The summed E-state index contributed by atoms with van der Waals surface area (Å²) in [7, 11) is 0. The third-order valence-electron chi connectivity index (χ3n) is 3.58. The number of amides is 1. The van der Waals surface area contributed by atoms with E-state index in [1.54, 1.807) is 0 Å². The molecule has 0 atom stereocenters. The van der Waals surface area contributed by atoms with Gasteiger partial charge in [0.05, 0.1) is 11.6 Å². The summed E-state index contributed by atoms with van der Waals surface area (Å²) >= 11 is 0. The minimum Gasteiger partial charge on any atom is -0.343 e. The molecule has 24 heavy (non-hydrogen) atoms. The van der Waals surface area contributed by atoms with E-state index in [4.69, 9.17) is 5.84 Å². The number of hydrazine groups is 1. The summed E-state index contributed by atoms with van der Waals surface area (Å²) in [6.45, 7) is 0. The molecule has 2 aromatic carbocycles. The first-order chi connectivity index (χ1) is 11.8. The highest BCUT2D eigenvalue weighted by molar-refractivity contribution is 5.93. The van der Waals surface area contributed by atoms with Gasteiger partial charge in [-0.2, -0.15) is 0 Å². The van der Waals surface area contributed by atoms with Crippen LogP contribution in [0.4, 0.5) is 5.95 Å². The first-order valence-corrected chi connectivity index (χ1v) is 7.47. The van der Waals surface area contributed by atoms with Gasteiger partial charge in [0.2, 0.25) is 5.95 Å². The molecule has 0 aliphatic carbocycles. The van der Waals surface area contributed by atoms with E-state index in [0.29, 0.717) is 11.5 Å². The fraction of sp³-hybridized carbons (Fsp3) is 0.0556. The lowest BCUT2D eigenvalue weighted by Gasteiger charge is -2.19. The topological polar surface area (TPSA) is 92.9 Å². The lowest BCUT2D eigenvalue weighted by atomic mass is 9.99. The number of nitrogens with zero attached hydrogens (tertiary/aromatic N) is 2. The summed E-state index contributed by atoms with van der Waals surface area (Å²) in [6, 6.07) is 20.0. The molecule has 6 heteroatoms. The van der Waals surface area contributed by atoms with Crippen LogP contribution in [0.5, 0.6) is 0 Å². The molecule has 0 bridgehead atoms. The molecule has 0 radical (unpaired) electrons. The molecular weight excluding hydrogens is 302 g/mol. The normalized spacial score (nSPS) is 10.4. The van der Waals surface area contributed by atoms with Gasteiger partial charge in [0.1, 0.15) is 0 Å². The van der Waals surface area contributed by atoms with E-state index < -0.39 is 5.91 Å². The zero-order valence-corrected chi connectivity index (χ0v) is 12.9. The van der Waals surface area contributed by atoms with E-state index in [1.807, 2.05) is 60.7 Å². The molecule has 0 spiro atoms. The third-order valence-corrected chi connectivity index (χ3v) is 3.58. The second-order valence-electron chi connectivity index (χ2n) is 5.17. The summed E-state index contributed by atoms with van der Waals surface area (Å²) in [4.78, 5) is 19.9. The monoisotopic (exact) mass is 319 g/mol. The average molecular weight is 319 g/mol. The van der Waals surface area contributed by atoms with Crippen molar-refractivity contribution in [2.45, 2.75) is 6.04 Å². The summed E-state index contributed by atoms with van der Waals surface area (Å²) < 4.78 is 0. The van der Waals surface area contributed by atoms with Crippen molar-refractivity contribution < 1.29 is 4.79 Å². The highest BCUT2D eigenvalue weighted by Gasteiger charge is 2.15. The molecule has 0 unspecified atom stereocenters. The Morgan fingerprint density at radius 3 is 1.83 bits per heavy atom. The SMILES string of the molecule is NNC(=O)c1cnc(NC(c2ccccc2)c2ccccc2)nc1. The molecule has 0 aliphatic rings. The molecular formula is C18H17N5O. The van der Waals surface area contributed by atoms with Crippen molar-refractivity contribution in [2.75, 3.05) is 5.32 Å². The minimum absolute atomic E-state index is 0.0958. The van der Waals surface area contributed by atoms with Crippen LogP contribution in [-0.4, -0.2) is 15.9 Å². The maximum Gasteiger partial charge on any atom is 0.268 e. The number of anilines is 1. The fourth-order valence-corrected chi connectivity index (χ4v) is 2.38. The van der Waals surface area contributed by atoms with Gasteiger partial charge in [-0.1, -0.05) is 60.7 Å². The van der Waals surface area contributed by atoms with E-state index in [1.165, 1.54) is 12.4 Å². The van der Waals surface area contributed by atoms with E-state index in [-0.39, 0.29) is 6.04 Å². The maximum absolute atomic E-state index is 11.5. The average Bonchev–Trinajstić information content (AvgIpc) is 2.67. The van der Waals surface area contributed by atoms with Gasteiger partial charge >= 0.3 is 0 Å². The van der Waals surface area contributed by atoms with E-state index in [2.05, 4.69) is 20.7 Å². The van der Waals surface area contributed by atoms with Crippen molar-refractivity contribution in [3.8, 4) is 0 Å². The Morgan fingerprint density at radius 1 is 0.875 bits per heavy atom. The molecule has 0 saturated heterocycles. The molecule has 6 nitrogen and oxygen atoms in total. The summed E-state index contributed by atoms with van der Waals surface area (Å²) in [5.41, 5.74) is 4.55. The predicted molar refractivity (Wildman–Crippen MR) is 92.0 cm³/mol. The van der Waals surface area contributed by atoms with Gasteiger partial charge in [0.15, 0.2) is 0 Å². The fourth-order valence-electron chi connectivity index (χ4n) is 2.38. The highest BCUT2D eigenvalue weighted by Crippen LogP contribution is 2.25. The zero-order chi connectivity index (χ0) is 16.8. The molecule has 0 aliphatic heterocycles. The van der Waals surface area contributed by atoms with Crippen LogP contribution in [0.1, 0.15) is 27.5 Å². The smallest absolute Gasteiger partial charge is 0.268 e. The largest absolute Gasteiger partial charge is 0.343 e. The van der Waals surface area contributed by atoms with Crippen LogP contribution < -0.4 is 16.6 Å². The van der Waals surface area contributed by atoms with Gasteiger partial charge in [0, 0.05) is 12.4 Å². The quantitative estimate of drug-likeness (QED) is 0.381. The van der Waals surface area contributed by atoms with Gasteiger partial charge in [-0.15, -0.1) is 0 Å². The van der Waals surface area contributed by atoms with Crippen LogP contribution >= 0.6 is 0 Å². The Balaban J connectivity index is 1.89. The van der Waals surface area contributed by atoms with Crippen molar-refractivity contribution >= 4 is 11.9 Å². The van der Waals surface area contributed by atoms with Gasteiger partial charge in [-0.05, 0) is 11.1 Å². The van der Waals surface area contributed by atoms with E-state index in [0.717, 1.165) is 11.1 Å². The van der Waals surface area contributed by atoms with Gasteiger partial charge in [-0.25, -0.2) is 15.8 Å². The number of nitrogens with one attached hydrogen (secondary N) is 2. The van der Waals surface area contributed by atoms with E-state index in [9.17, 15) is 4.79 Å². The molecule has 1 amide bonds. The second kappa shape index (κ2) is 7.34. The van der Waals surface area contributed by atoms with Crippen LogP contribution in [-0.2, 0) is 0 Å². The summed E-state index contributed by atoms with van der Waals surface area (Å²) in [5.74, 6) is 5.11. The number of carbonyl (C=O) groups is 1. The number of carbonyl (C=O) groups excluding carboxylic acids is 1. The second-order valence-corrected chi connectivity index (χ2v) is 5.17. The van der Waals surface area contributed by atoms with Crippen molar-refractivity contribution in [1.82, 2.24) is 15.4 Å². The van der Waals surface area contributed by atoms with Crippen LogP contribution in [0.15, 0.2) is 73.1 Å². The van der Waals surface area contributed by atoms with Crippen molar-refractivity contribution in [1.29, 1.82) is 0 Å². The Labute approximate surface area is 139 Å². The van der Waals surface area contributed by atoms with Crippen LogP contribution in [0.25, 0.3) is 0 Å². The number of nitrogen functional groups attached to an aromatic ring is 1. The number of hydrogen-bond donors (Lipinski definition) is 3. The third kappa shape index (κ3) is 3.56. The standard InChI is InChI=1S/C18H17N5O/c19-23-17(24)15-11-20-18(21-12-15)22-16(13-7-3-1-4-8-13)14-9-5-2-6-10-14/h1-12,16H,19H2,(H,23,24)(H,20,21,22). The first kappa shape index (κ1) is 15.6. The van der Waals surface area contributed by atoms with Gasteiger partial charge < -0.3 is 5.32 Å². The van der Waals surface area contributed by atoms with Crippen molar-refractivity contribution in [3.05, 3.63) is 89.7 Å². The summed E-state index contributed by atoms with van der Waals surface area (Å²) in [5, 5.41) is 3.31. The summed E-state index contributed by atoms with van der Waals surface area (Å²) in [6.07, 6.45) is 2.87. The van der Waals surface area contributed by atoms with Crippen LogP contribution in [0.2, 0.25) is 0 Å². The number of hydrogen-bond acceptors (Lipinski definition) is 5.